The molecule has 9 rings (SSSR count). The molecule has 0 saturated heterocycles. The molecule has 0 aromatic heterocycles. The summed E-state index contributed by atoms with van der Waals surface area (Å²) in [5.41, 5.74) is 15.5. The number of nitrogens with one attached hydrogen (secondary N) is 3. The van der Waals surface area contributed by atoms with Gasteiger partial charge in [0.2, 0.25) is 0 Å². The zero-order valence-electron chi connectivity index (χ0n) is 30.2. The highest BCUT2D eigenvalue weighted by atomic mass is 15.1. The Morgan fingerprint density at radius 3 is 1.71 bits per heavy atom. The first-order valence-corrected chi connectivity index (χ1v) is 18.6. The lowest BCUT2D eigenvalue weighted by Crippen LogP contribution is -2.24. The van der Waals surface area contributed by atoms with Gasteiger partial charge in [-0.3, -0.25) is 10.4 Å². The van der Waals surface area contributed by atoms with Gasteiger partial charge in [-0.05, 0) is 57.2 Å². The second kappa shape index (κ2) is 15.0. The Bertz CT molecular complexity index is 2620. The van der Waals surface area contributed by atoms with Crippen molar-refractivity contribution in [1.29, 1.82) is 5.41 Å². The Morgan fingerprint density at radius 2 is 1.04 bits per heavy atom. The maximum Gasteiger partial charge on any atom is 0.145 e. The molecular formula is C51H38N4. The minimum Gasteiger partial charge on any atom is -0.360 e. The Morgan fingerprint density at radius 1 is 0.491 bits per heavy atom. The zero-order chi connectivity index (χ0) is 37.0. The van der Waals surface area contributed by atoms with E-state index < -0.39 is 0 Å². The van der Waals surface area contributed by atoms with Gasteiger partial charge in [0.05, 0.1) is 17.1 Å². The lowest BCUT2D eigenvalue weighted by Gasteiger charge is -2.28. The molecule has 2 heterocycles. The van der Waals surface area contributed by atoms with Gasteiger partial charge in [-0.2, -0.15) is 0 Å². The molecule has 0 fully saturated rings. The maximum absolute atomic E-state index is 9.75. The summed E-state index contributed by atoms with van der Waals surface area (Å²) >= 11 is 0. The largest absolute Gasteiger partial charge is 0.360 e. The van der Waals surface area contributed by atoms with E-state index in [9.17, 15) is 5.41 Å². The summed E-state index contributed by atoms with van der Waals surface area (Å²) in [5, 5.41) is 17.3. The highest BCUT2D eigenvalue weighted by molar-refractivity contribution is 6.36. The fraction of sp³-hybridized carbons (Fsp3) is 0.0196. The highest BCUT2D eigenvalue weighted by Crippen LogP contribution is 2.41. The van der Waals surface area contributed by atoms with Crippen LogP contribution in [0.2, 0.25) is 0 Å². The Kier molecular flexibility index (Phi) is 9.13. The molecule has 1 unspecified atom stereocenters. The molecular weight excluding hydrogens is 669 g/mol. The monoisotopic (exact) mass is 706 g/mol. The Hall–Kier alpha value is -7.30. The highest BCUT2D eigenvalue weighted by Gasteiger charge is 2.27. The van der Waals surface area contributed by atoms with Crippen LogP contribution in [0.15, 0.2) is 205 Å². The van der Waals surface area contributed by atoms with Crippen molar-refractivity contribution in [1.82, 2.24) is 10.6 Å². The number of benzene rings is 7. The van der Waals surface area contributed by atoms with Gasteiger partial charge in [0.25, 0.3) is 0 Å². The minimum atomic E-state index is -0.234. The van der Waals surface area contributed by atoms with Crippen molar-refractivity contribution in [3.05, 3.63) is 245 Å². The number of allylic oxidation sites excluding steroid dienone is 2. The molecule has 0 radical (unpaired) electrons. The van der Waals surface area contributed by atoms with Crippen molar-refractivity contribution in [2.75, 3.05) is 0 Å². The third-order valence-electron chi connectivity index (χ3n) is 10.1. The molecule has 4 heteroatoms. The van der Waals surface area contributed by atoms with Crippen LogP contribution in [0.25, 0.3) is 39.9 Å². The van der Waals surface area contributed by atoms with Gasteiger partial charge in [0.1, 0.15) is 6.17 Å². The van der Waals surface area contributed by atoms with Crippen molar-refractivity contribution < 1.29 is 0 Å². The van der Waals surface area contributed by atoms with Crippen LogP contribution in [0, 0.1) is 5.41 Å². The van der Waals surface area contributed by atoms with Crippen molar-refractivity contribution in [3.8, 4) is 11.1 Å². The Balaban J connectivity index is 1.24. The van der Waals surface area contributed by atoms with Crippen molar-refractivity contribution in [2.24, 2.45) is 4.99 Å². The maximum atomic E-state index is 9.75. The van der Waals surface area contributed by atoms with Gasteiger partial charge in [0.15, 0.2) is 0 Å². The van der Waals surface area contributed by atoms with Crippen molar-refractivity contribution in [2.45, 2.75) is 6.17 Å². The second-order valence-electron chi connectivity index (χ2n) is 13.7. The van der Waals surface area contributed by atoms with Crippen molar-refractivity contribution >= 4 is 40.2 Å². The topological polar surface area (TPSA) is 60.3 Å². The molecule has 0 spiro atoms. The molecule has 262 valence electrons. The molecule has 4 nitrogen and oxygen atoms in total. The molecule has 0 saturated carbocycles. The minimum absolute atomic E-state index is 0.234. The smallest absolute Gasteiger partial charge is 0.145 e. The van der Waals surface area contributed by atoms with E-state index >= 15 is 0 Å². The SMILES string of the molecule is N=C(/C(=C1\NC(c2ccccc2)=Cc2cccc(-c3cccc(C4=NC(c5ccccc5)NC(c5ccccc5)=C4)c3)c21)c1ccccc1)c1ccccc1. The first-order chi connectivity index (χ1) is 27.2. The van der Waals surface area contributed by atoms with E-state index in [4.69, 9.17) is 4.99 Å². The van der Waals surface area contributed by atoms with E-state index in [1.807, 2.05) is 66.7 Å². The van der Waals surface area contributed by atoms with E-state index in [2.05, 4.69) is 150 Å². The molecule has 2 aliphatic heterocycles. The number of nitrogens with zero attached hydrogens (tertiary/aromatic N) is 1. The molecule has 2 aliphatic rings. The van der Waals surface area contributed by atoms with Gasteiger partial charge < -0.3 is 10.6 Å². The molecule has 7 aromatic rings. The van der Waals surface area contributed by atoms with E-state index in [-0.39, 0.29) is 6.17 Å². The van der Waals surface area contributed by atoms with Gasteiger partial charge in [-0.25, -0.2) is 0 Å². The van der Waals surface area contributed by atoms with E-state index in [0.717, 1.165) is 84.0 Å². The molecule has 0 amide bonds. The van der Waals surface area contributed by atoms with Crippen molar-refractivity contribution in [3.63, 3.8) is 0 Å². The van der Waals surface area contributed by atoms with E-state index in [1.165, 1.54) is 0 Å². The second-order valence-corrected chi connectivity index (χ2v) is 13.7. The summed E-state index contributed by atoms with van der Waals surface area (Å²) < 4.78 is 0. The summed E-state index contributed by atoms with van der Waals surface area (Å²) in [4.78, 5) is 5.27. The summed E-state index contributed by atoms with van der Waals surface area (Å²) in [7, 11) is 0. The van der Waals surface area contributed by atoms with Crippen LogP contribution in [0.1, 0.15) is 50.7 Å². The number of rotatable bonds is 8. The zero-order valence-corrected chi connectivity index (χ0v) is 30.2. The van der Waals surface area contributed by atoms with Gasteiger partial charge >= 0.3 is 0 Å². The van der Waals surface area contributed by atoms with Crippen LogP contribution in [-0.4, -0.2) is 11.4 Å². The predicted octanol–water partition coefficient (Wildman–Crippen LogP) is 11.5. The van der Waals surface area contributed by atoms with Gasteiger partial charge in [0, 0.05) is 33.7 Å². The average Bonchev–Trinajstić information content (AvgIpc) is 3.27. The summed E-state index contributed by atoms with van der Waals surface area (Å²) in [6.07, 6.45) is 4.15. The fourth-order valence-corrected chi connectivity index (χ4v) is 7.44. The number of fused-ring (bicyclic) bond motifs is 1. The third-order valence-corrected chi connectivity index (χ3v) is 10.1. The summed E-state index contributed by atoms with van der Waals surface area (Å²) in [6.45, 7) is 0. The predicted molar refractivity (Wildman–Crippen MR) is 229 cm³/mol. The number of hydrogen-bond acceptors (Lipinski definition) is 4. The first-order valence-electron chi connectivity index (χ1n) is 18.6. The lowest BCUT2D eigenvalue weighted by atomic mass is 9.84. The van der Waals surface area contributed by atoms with E-state index in [0.29, 0.717) is 5.71 Å². The lowest BCUT2D eigenvalue weighted by molar-refractivity contribution is 0.664. The number of hydrogen-bond donors (Lipinski definition) is 3. The van der Waals surface area contributed by atoms with Crippen LogP contribution in [0.5, 0.6) is 0 Å². The molecule has 3 N–H and O–H groups in total. The fourth-order valence-electron chi connectivity index (χ4n) is 7.44. The van der Waals surface area contributed by atoms with Gasteiger partial charge in [-0.1, -0.05) is 188 Å². The summed E-state index contributed by atoms with van der Waals surface area (Å²) in [6, 6.07) is 66.8. The van der Waals surface area contributed by atoms with Crippen LogP contribution in [0.3, 0.4) is 0 Å². The first kappa shape index (κ1) is 33.5. The quantitative estimate of drug-likeness (QED) is 0.138. The van der Waals surface area contributed by atoms with Crippen LogP contribution >= 0.6 is 0 Å². The third kappa shape index (κ3) is 6.85. The molecule has 55 heavy (non-hydrogen) atoms. The standard InChI is InChI=1S/C51H38N4/c52-49(38-24-12-4-13-25-38)48(37-22-10-3-11-23-37)50-47-42(33-44(53-50)35-18-6-1-7-19-35)30-17-31-43(47)40-28-16-29-41(32-40)46-34-45(36-20-8-2-9-21-36)54-51(55-46)39-26-14-5-15-27-39/h1-34,51-54H/b50-48-,52-49?. The van der Waals surface area contributed by atoms with Crippen LogP contribution in [-0.2, 0) is 0 Å². The van der Waals surface area contributed by atoms with Crippen LogP contribution < -0.4 is 10.6 Å². The molecule has 1 atom stereocenters. The molecule has 0 bridgehead atoms. The average molecular weight is 707 g/mol. The number of aliphatic imine (C=N–C) groups is 1. The molecule has 0 aliphatic carbocycles. The van der Waals surface area contributed by atoms with E-state index in [1.54, 1.807) is 0 Å². The Labute approximate surface area is 322 Å². The molecule has 7 aromatic carbocycles. The normalized spacial score (nSPS) is 15.6. The van der Waals surface area contributed by atoms with Gasteiger partial charge in [-0.15, -0.1) is 0 Å². The summed E-state index contributed by atoms with van der Waals surface area (Å²) in [5.74, 6) is 0. The van der Waals surface area contributed by atoms with Crippen LogP contribution in [0.4, 0.5) is 0 Å².